The second-order valence-corrected chi connectivity index (χ2v) is 30.3. The van der Waals surface area contributed by atoms with Crippen molar-refractivity contribution in [2.75, 3.05) is 33.2 Å². The Kier molecular flexibility index (Phi) is 43.4. The average Bonchev–Trinajstić information content (AvgIpc) is 1.60. The minimum Gasteiger partial charge on any atom is -0.465 e. The SMILES string of the molecule is CC.CC.CC.CC.CC.CC.CCC.CCC.CCC.O=C1CC2CCCC2O1.O=C1CC2OC3OCOC3C2O1.O=C1CC2OCCC2O1.O=C1OC2CC3CC(C2)CC1C3.O=C1OC2CC3CC2CC13.O=C1OCC2CCCC12.O=C1OCCC12CC1CCC2C1.O=C1OCCC12CCCCC2. The van der Waals surface area contributed by atoms with Crippen LogP contribution in [0.5, 0.6) is 0 Å². The first-order chi connectivity index (χ1) is 51.0. The minimum atomic E-state index is -0.326. The maximum Gasteiger partial charge on any atom is 0.312 e. The number of fused-ring (bicyclic) bond motifs is 11. The van der Waals surface area contributed by atoms with Crippen LogP contribution in [0.1, 0.15) is 330 Å². The molecule has 0 aromatic heterocycles. The van der Waals surface area contributed by atoms with Crippen LogP contribution in [0.3, 0.4) is 0 Å². The summed E-state index contributed by atoms with van der Waals surface area (Å²) in [6.07, 6.45) is 35.7. The van der Waals surface area contributed by atoms with Gasteiger partial charge in [-0.1, -0.05) is 176 Å². The molecule has 22 aliphatic rings. The van der Waals surface area contributed by atoms with E-state index in [4.69, 9.17) is 56.8 Å². The molecule has 10 bridgehead atoms. The molecule has 13 saturated heterocycles. The number of hydrogen-bond acceptors (Lipinski definition) is 20. The normalized spacial score (nSPS) is 37.0. The summed E-state index contributed by atoms with van der Waals surface area (Å²) in [4.78, 5) is 88.3. The zero-order chi connectivity index (χ0) is 77.8. The molecule has 9 aliphatic carbocycles. The molecule has 0 amide bonds. The van der Waals surface area contributed by atoms with Crippen LogP contribution in [0.4, 0.5) is 0 Å². The van der Waals surface area contributed by atoms with E-state index in [2.05, 4.69) is 41.5 Å². The molecule has 0 aromatic rings. The van der Waals surface area contributed by atoms with Crippen LogP contribution >= 0.6 is 0 Å². The Morgan fingerprint density at radius 2 is 0.971 bits per heavy atom. The highest BCUT2D eigenvalue weighted by atomic mass is 16.8. The molecule has 20 nitrogen and oxygen atoms in total. The van der Waals surface area contributed by atoms with Crippen molar-refractivity contribution in [2.24, 2.45) is 75.9 Å². The average molecular weight is 1490 g/mol. The van der Waals surface area contributed by atoms with E-state index in [0.717, 1.165) is 114 Å². The van der Waals surface area contributed by atoms with E-state index in [1.54, 1.807) is 0 Å². The van der Waals surface area contributed by atoms with Crippen molar-refractivity contribution in [1.82, 2.24) is 0 Å². The quantitative estimate of drug-likeness (QED) is 0.161. The van der Waals surface area contributed by atoms with Crippen molar-refractivity contribution in [2.45, 2.75) is 385 Å². The van der Waals surface area contributed by atoms with E-state index >= 15 is 0 Å². The van der Waals surface area contributed by atoms with Gasteiger partial charge in [-0.15, -0.1) is 0 Å². The molecule has 22 rings (SSSR count). The maximum atomic E-state index is 11.6. The van der Waals surface area contributed by atoms with Crippen molar-refractivity contribution in [3.8, 4) is 0 Å². The third kappa shape index (κ3) is 25.6. The van der Waals surface area contributed by atoms with Crippen LogP contribution in [0.25, 0.3) is 0 Å². The standard InChI is InChI=1S/2C10H14O2.C9H14O2.C8H10O2.C7H8O5.2C7H10O2.C6H8O3.3C3H8.6C2H6/c11-10-8-2-6-1-7(3-8)5-9(4-6)12-10;11-9-10(3-4-12-9)6-7-1-2-8(10)5-7;10-8-9(6-7-11-8)4-2-1-3-5-9;9-8-6-2-5-1-4(6)3-7(5)10-8;8-4-1-3-5(12-4)6-7(11-3)10-2-9-6;8-7-6-3-1-2-5(6)4-9-7;8-7-4-5-2-1-3-6(5)9-7;7-6-3-5-4(9-6)1-2-8-5;3*1-3-2;6*1-2/h6-9H,1-5H2;7-8H,1-6H2;1-7H2;4-7H,1-3H2;3,5-7H,1-2H2;2*5-6H,1-4H2;4-5H,1-3H2;3*3H2,1-2H3;6*1-2H3. The van der Waals surface area contributed by atoms with Gasteiger partial charge >= 0.3 is 47.8 Å². The van der Waals surface area contributed by atoms with Crippen molar-refractivity contribution >= 4 is 47.8 Å². The Labute approximate surface area is 634 Å². The topological polar surface area (TPSA) is 247 Å². The first-order valence-electron chi connectivity index (χ1n) is 43.0. The molecule has 608 valence electrons. The van der Waals surface area contributed by atoms with Crippen LogP contribution in [-0.2, 0) is 95.2 Å². The molecular weight excluding hydrogens is 1340 g/mol. The Balaban J connectivity index is 0.000000245. The van der Waals surface area contributed by atoms with E-state index in [-0.39, 0.29) is 120 Å². The van der Waals surface area contributed by atoms with E-state index < -0.39 is 0 Å². The lowest BCUT2D eigenvalue weighted by Crippen LogP contribution is -2.39. The molecule has 2 spiro atoms. The molecule has 13 aliphatic heterocycles. The highest BCUT2D eigenvalue weighted by Gasteiger charge is 2.59. The zero-order valence-electron chi connectivity index (χ0n) is 68.9. The van der Waals surface area contributed by atoms with Crippen molar-refractivity contribution in [3.63, 3.8) is 0 Å². The fourth-order valence-corrected chi connectivity index (χ4v) is 18.9. The number of cyclic esters (lactones) is 3. The van der Waals surface area contributed by atoms with Gasteiger partial charge in [-0.25, -0.2) is 0 Å². The molecule has 0 radical (unpaired) electrons. The van der Waals surface area contributed by atoms with Crippen LogP contribution in [-0.4, -0.2) is 136 Å². The minimum absolute atomic E-state index is 0.00289. The van der Waals surface area contributed by atoms with E-state index in [1.165, 1.54) is 103 Å². The lowest BCUT2D eigenvalue weighted by Gasteiger charge is -2.35. The second-order valence-electron chi connectivity index (χ2n) is 30.3. The third-order valence-corrected chi connectivity index (χ3v) is 23.2. The van der Waals surface area contributed by atoms with Crippen molar-refractivity contribution in [3.05, 3.63) is 0 Å². The Bertz CT molecular complexity index is 2450. The number of ether oxygens (including phenoxy) is 12. The van der Waals surface area contributed by atoms with Crippen molar-refractivity contribution in [1.29, 1.82) is 0 Å². The largest absolute Gasteiger partial charge is 0.465 e. The van der Waals surface area contributed by atoms with Crippen LogP contribution < -0.4 is 0 Å². The summed E-state index contributed by atoms with van der Waals surface area (Å²) < 4.78 is 61.5. The fraction of sp³-hybridized carbons (Fsp3) is 0.906. The molecule has 20 heteroatoms. The van der Waals surface area contributed by atoms with Gasteiger partial charge < -0.3 is 56.8 Å². The first kappa shape index (κ1) is 93.0. The zero-order valence-corrected chi connectivity index (χ0v) is 68.9. The summed E-state index contributed by atoms with van der Waals surface area (Å²) in [5.41, 5.74) is -0.0266. The molecule has 9 saturated carbocycles. The van der Waals surface area contributed by atoms with Gasteiger partial charge in [0.05, 0.1) is 74.3 Å². The number of carbonyl (C=O) groups is 8. The van der Waals surface area contributed by atoms with Crippen LogP contribution in [0, 0.1) is 75.9 Å². The Hall–Kier alpha value is -4.40. The monoisotopic (exact) mass is 1490 g/mol. The van der Waals surface area contributed by atoms with E-state index in [1.807, 2.05) is 83.1 Å². The lowest BCUT2D eigenvalue weighted by molar-refractivity contribution is -0.169. The van der Waals surface area contributed by atoms with Crippen LogP contribution in [0.15, 0.2) is 0 Å². The van der Waals surface area contributed by atoms with Crippen molar-refractivity contribution < 1.29 is 95.2 Å². The molecule has 13 heterocycles. The number of esters is 8. The first-order valence-corrected chi connectivity index (χ1v) is 43.0. The maximum absolute atomic E-state index is 11.6. The number of hydrogen-bond donors (Lipinski definition) is 0. The highest BCUT2D eigenvalue weighted by Crippen LogP contribution is 2.60. The summed E-state index contributed by atoms with van der Waals surface area (Å²) in [5, 5.41) is 0. The van der Waals surface area contributed by atoms with Gasteiger partial charge in [0.1, 0.15) is 36.6 Å². The summed E-state index contributed by atoms with van der Waals surface area (Å²) >= 11 is 0. The molecule has 0 aromatic carbocycles. The van der Waals surface area contributed by atoms with Gasteiger partial charge in [-0.05, 0) is 164 Å². The predicted octanol–water partition coefficient (Wildman–Crippen LogP) is 18.3. The van der Waals surface area contributed by atoms with Gasteiger partial charge in [0.15, 0.2) is 25.3 Å². The fourth-order valence-electron chi connectivity index (χ4n) is 18.9. The second kappa shape index (κ2) is 49.0. The lowest BCUT2D eigenvalue weighted by atomic mass is 9.68. The van der Waals surface area contributed by atoms with Gasteiger partial charge in [0.2, 0.25) is 0 Å². The van der Waals surface area contributed by atoms with Gasteiger partial charge in [-0.2, -0.15) is 0 Å². The molecule has 105 heavy (non-hydrogen) atoms. The summed E-state index contributed by atoms with van der Waals surface area (Å²) in [5.74, 6) is 6.74. The van der Waals surface area contributed by atoms with E-state index in [0.29, 0.717) is 80.9 Å². The molecule has 19 unspecified atom stereocenters. The van der Waals surface area contributed by atoms with Gasteiger partial charge in [0.25, 0.3) is 0 Å². The molecule has 22 fully saturated rings. The van der Waals surface area contributed by atoms with E-state index in [9.17, 15) is 38.4 Å². The smallest absolute Gasteiger partial charge is 0.312 e. The van der Waals surface area contributed by atoms with Crippen LogP contribution in [0.2, 0.25) is 0 Å². The summed E-state index contributed by atoms with van der Waals surface area (Å²) in [7, 11) is 0. The third-order valence-electron chi connectivity index (χ3n) is 23.2. The molecular formula is C85H148O20. The molecule has 0 N–H and O–H groups in total. The highest BCUT2D eigenvalue weighted by molar-refractivity contribution is 5.80. The van der Waals surface area contributed by atoms with Gasteiger partial charge in [0, 0.05) is 18.3 Å². The predicted molar refractivity (Wildman–Crippen MR) is 405 cm³/mol. The number of rotatable bonds is 0. The summed E-state index contributed by atoms with van der Waals surface area (Å²) in [6.45, 7) is 39.8. The Morgan fingerprint density at radius 1 is 0.371 bits per heavy atom. The Morgan fingerprint density at radius 3 is 1.51 bits per heavy atom. The van der Waals surface area contributed by atoms with Gasteiger partial charge in [-0.3, -0.25) is 38.4 Å². The number of carbonyl (C=O) groups excluding carboxylic acids is 8. The molecule has 19 atom stereocenters. The summed E-state index contributed by atoms with van der Waals surface area (Å²) in [6, 6.07) is 0.